The van der Waals surface area contributed by atoms with Gasteiger partial charge in [0.25, 0.3) is 0 Å². The van der Waals surface area contributed by atoms with E-state index >= 15 is 0 Å². The SMILES string of the molecule is O=C(CNc1ccc(OCc2ccc(Cl)cc2)cc1)N1CCCC1. The number of likely N-dealkylation sites (tertiary alicyclic amines) is 1. The monoisotopic (exact) mass is 344 g/mol. The molecule has 1 saturated heterocycles. The average molecular weight is 345 g/mol. The maximum absolute atomic E-state index is 12.0. The van der Waals surface area contributed by atoms with Crippen molar-refractivity contribution in [2.75, 3.05) is 25.0 Å². The van der Waals surface area contributed by atoms with Crippen molar-refractivity contribution in [2.45, 2.75) is 19.4 Å². The minimum Gasteiger partial charge on any atom is -0.489 e. The molecule has 3 rings (SSSR count). The highest BCUT2D eigenvalue weighted by atomic mass is 35.5. The molecule has 0 spiro atoms. The summed E-state index contributed by atoms with van der Waals surface area (Å²) in [5.74, 6) is 0.955. The molecule has 1 heterocycles. The van der Waals surface area contributed by atoms with E-state index in [0.29, 0.717) is 13.2 Å². The van der Waals surface area contributed by atoms with Crippen molar-refractivity contribution in [1.29, 1.82) is 0 Å². The number of benzene rings is 2. The Labute approximate surface area is 147 Å². The summed E-state index contributed by atoms with van der Waals surface area (Å²) in [7, 11) is 0. The first kappa shape index (κ1) is 16.7. The van der Waals surface area contributed by atoms with Crippen LogP contribution in [0.2, 0.25) is 5.02 Å². The summed E-state index contributed by atoms with van der Waals surface area (Å²) < 4.78 is 5.75. The summed E-state index contributed by atoms with van der Waals surface area (Å²) in [5, 5.41) is 3.89. The van der Waals surface area contributed by atoms with Gasteiger partial charge >= 0.3 is 0 Å². The number of rotatable bonds is 6. The molecule has 0 atom stereocenters. The van der Waals surface area contributed by atoms with Gasteiger partial charge in [0, 0.05) is 23.8 Å². The van der Waals surface area contributed by atoms with Crippen LogP contribution in [0.15, 0.2) is 48.5 Å². The fraction of sp³-hybridized carbons (Fsp3) is 0.316. The molecule has 1 aliphatic rings. The molecule has 1 fully saturated rings. The lowest BCUT2D eigenvalue weighted by Gasteiger charge is -2.16. The van der Waals surface area contributed by atoms with E-state index in [4.69, 9.17) is 16.3 Å². The van der Waals surface area contributed by atoms with Crippen LogP contribution in [0.4, 0.5) is 5.69 Å². The number of carbonyl (C=O) groups is 1. The predicted molar refractivity (Wildman–Crippen MR) is 96.5 cm³/mol. The highest BCUT2D eigenvalue weighted by Gasteiger charge is 2.17. The molecule has 2 aromatic rings. The standard InChI is InChI=1S/C19H21ClN2O2/c20-16-5-3-15(4-6-16)14-24-18-9-7-17(8-10-18)21-13-19(23)22-11-1-2-12-22/h3-10,21H,1-2,11-14H2. The molecule has 2 aromatic carbocycles. The van der Waals surface area contributed by atoms with Crippen molar-refractivity contribution in [3.63, 3.8) is 0 Å². The first-order valence-electron chi connectivity index (χ1n) is 8.20. The van der Waals surface area contributed by atoms with Crippen LogP contribution < -0.4 is 10.1 Å². The molecule has 1 N–H and O–H groups in total. The van der Waals surface area contributed by atoms with Gasteiger partial charge in [0.1, 0.15) is 12.4 Å². The van der Waals surface area contributed by atoms with Gasteiger partial charge in [-0.25, -0.2) is 0 Å². The van der Waals surface area contributed by atoms with E-state index in [1.165, 1.54) is 0 Å². The summed E-state index contributed by atoms with van der Waals surface area (Å²) in [6.45, 7) is 2.61. The quantitative estimate of drug-likeness (QED) is 0.862. The molecule has 126 valence electrons. The highest BCUT2D eigenvalue weighted by molar-refractivity contribution is 6.30. The first-order valence-corrected chi connectivity index (χ1v) is 8.57. The van der Waals surface area contributed by atoms with Gasteiger partial charge in [0.05, 0.1) is 6.54 Å². The van der Waals surface area contributed by atoms with Crippen LogP contribution in [-0.2, 0) is 11.4 Å². The largest absolute Gasteiger partial charge is 0.489 e. The Balaban J connectivity index is 1.46. The second-order valence-electron chi connectivity index (χ2n) is 5.88. The van der Waals surface area contributed by atoms with Gasteiger partial charge in [0.15, 0.2) is 0 Å². The van der Waals surface area contributed by atoms with Crippen LogP contribution in [0.1, 0.15) is 18.4 Å². The summed E-state index contributed by atoms with van der Waals surface area (Å²) in [5.41, 5.74) is 1.99. The average Bonchev–Trinajstić information content (AvgIpc) is 3.15. The molecule has 5 heteroatoms. The van der Waals surface area contributed by atoms with Gasteiger partial charge in [-0.3, -0.25) is 4.79 Å². The summed E-state index contributed by atoms with van der Waals surface area (Å²) >= 11 is 5.86. The number of carbonyl (C=O) groups excluding carboxylic acids is 1. The third kappa shape index (κ3) is 4.65. The van der Waals surface area contributed by atoms with Crippen molar-refractivity contribution in [2.24, 2.45) is 0 Å². The second kappa shape index (κ2) is 8.06. The van der Waals surface area contributed by atoms with E-state index in [1.54, 1.807) is 0 Å². The lowest BCUT2D eigenvalue weighted by atomic mass is 10.2. The Bertz CT molecular complexity index is 665. The minimum absolute atomic E-state index is 0.163. The number of nitrogens with one attached hydrogen (secondary N) is 1. The molecule has 0 aromatic heterocycles. The Kier molecular flexibility index (Phi) is 5.59. The van der Waals surface area contributed by atoms with E-state index in [9.17, 15) is 4.79 Å². The van der Waals surface area contributed by atoms with Gasteiger partial charge < -0.3 is 15.0 Å². The molecule has 24 heavy (non-hydrogen) atoms. The van der Waals surface area contributed by atoms with Crippen molar-refractivity contribution in [3.8, 4) is 5.75 Å². The molecular formula is C19H21ClN2O2. The van der Waals surface area contributed by atoms with Gasteiger partial charge in [-0.15, -0.1) is 0 Å². The second-order valence-corrected chi connectivity index (χ2v) is 6.32. The van der Waals surface area contributed by atoms with Crippen molar-refractivity contribution >= 4 is 23.2 Å². The van der Waals surface area contributed by atoms with E-state index in [-0.39, 0.29) is 5.91 Å². The van der Waals surface area contributed by atoms with Crippen molar-refractivity contribution in [1.82, 2.24) is 4.90 Å². The Hall–Kier alpha value is -2.20. The molecule has 1 aliphatic heterocycles. The Morgan fingerprint density at radius 2 is 1.71 bits per heavy atom. The molecule has 0 saturated carbocycles. The van der Waals surface area contributed by atoms with Crippen LogP contribution in [0.3, 0.4) is 0 Å². The highest BCUT2D eigenvalue weighted by Crippen LogP contribution is 2.18. The van der Waals surface area contributed by atoms with Crippen LogP contribution in [0, 0.1) is 0 Å². The lowest BCUT2D eigenvalue weighted by Crippen LogP contribution is -2.32. The lowest BCUT2D eigenvalue weighted by molar-refractivity contribution is -0.128. The molecule has 4 nitrogen and oxygen atoms in total. The zero-order valence-corrected chi connectivity index (χ0v) is 14.3. The van der Waals surface area contributed by atoms with Gasteiger partial charge in [-0.2, -0.15) is 0 Å². The normalized spacial score (nSPS) is 13.8. The Morgan fingerprint density at radius 3 is 2.38 bits per heavy atom. The number of ether oxygens (including phenoxy) is 1. The van der Waals surface area contributed by atoms with Crippen LogP contribution >= 0.6 is 11.6 Å². The third-order valence-electron chi connectivity index (χ3n) is 4.08. The summed E-state index contributed by atoms with van der Waals surface area (Å²) in [4.78, 5) is 13.9. The summed E-state index contributed by atoms with van der Waals surface area (Å²) in [6.07, 6.45) is 2.23. The number of anilines is 1. The van der Waals surface area contributed by atoms with Crippen LogP contribution in [0.25, 0.3) is 0 Å². The number of nitrogens with zero attached hydrogens (tertiary/aromatic N) is 1. The first-order chi connectivity index (χ1) is 11.7. The fourth-order valence-corrected chi connectivity index (χ4v) is 2.80. The Morgan fingerprint density at radius 1 is 1.04 bits per heavy atom. The number of halogens is 1. The van der Waals surface area contributed by atoms with E-state index in [2.05, 4.69) is 5.32 Å². The number of amides is 1. The van der Waals surface area contributed by atoms with Crippen molar-refractivity contribution < 1.29 is 9.53 Å². The molecule has 0 radical (unpaired) electrons. The van der Waals surface area contributed by atoms with E-state index in [0.717, 1.165) is 48.0 Å². The van der Waals surface area contributed by atoms with Crippen LogP contribution in [-0.4, -0.2) is 30.4 Å². The number of hydrogen-bond acceptors (Lipinski definition) is 3. The molecule has 0 aliphatic carbocycles. The fourth-order valence-electron chi connectivity index (χ4n) is 2.67. The maximum Gasteiger partial charge on any atom is 0.241 e. The molecular weight excluding hydrogens is 324 g/mol. The van der Waals surface area contributed by atoms with Gasteiger partial charge in [-0.1, -0.05) is 23.7 Å². The zero-order chi connectivity index (χ0) is 16.8. The zero-order valence-electron chi connectivity index (χ0n) is 13.5. The van der Waals surface area contributed by atoms with E-state index < -0.39 is 0 Å². The molecule has 0 bridgehead atoms. The summed E-state index contributed by atoms with van der Waals surface area (Å²) in [6, 6.07) is 15.2. The van der Waals surface area contributed by atoms with E-state index in [1.807, 2.05) is 53.4 Å². The minimum atomic E-state index is 0.163. The third-order valence-corrected chi connectivity index (χ3v) is 4.33. The number of hydrogen-bond donors (Lipinski definition) is 1. The molecule has 1 amide bonds. The predicted octanol–water partition coefficient (Wildman–Crippen LogP) is 3.95. The maximum atomic E-state index is 12.0. The topological polar surface area (TPSA) is 41.6 Å². The smallest absolute Gasteiger partial charge is 0.241 e. The van der Waals surface area contributed by atoms with Crippen LogP contribution in [0.5, 0.6) is 5.75 Å². The van der Waals surface area contributed by atoms with Gasteiger partial charge in [-0.05, 0) is 54.8 Å². The van der Waals surface area contributed by atoms with Gasteiger partial charge in [0.2, 0.25) is 5.91 Å². The van der Waals surface area contributed by atoms with Crippen molar-refractivity contribution in [3.05, 3.63) is 59.1 Å². The molecule has 0 unspecified atom stereocenters.